The van der Waals surface area contributed by atoms with Crippen LogP contribution in [0.4, 0.5) is 24.5 Å². The standard InChI is InChI=1S/C37H33Cl2F3N8O5/c38-25-12-24(33-43-27-10-18(37(40,41)42)9-26(39)32(27)45-33)30(51)13-29(25)47-7-5-46(6-8-47)20-14-49(15-20)21-16-48(17-21)19-1-2-22-23(11-19)36(55)50(35(22)54)28-3-4-31(52)44-34(28)53/h1-2,9-13,20-21,28,51H,3-8,14-17H2,(H,43,45)(H,44,52,53). The van der Waals surface area contributed by atoms with E-state index in [0.717, 1.165) is 62.0 Å². The average Bonchev–Trinajstić information content (AvgIpc) is 3.64. The number of imidazole rings is 1. The second kappa shape index (κ2) is 13.1. The van der Waals surface area contributed by atoms with Crippen LogP contribution in [0.15, 0.2) is 42.5 Å². The summed E-state index contributed by atoms with van der Waals surface area (Å²) in [7, 11) is 0. The highest BCUT2D eigenvalue weighted by molar-refractivity contribution is 6.35. The van der Waals surface area contributed by atoms with Gasteiger partial charge >= 0.3 is 6.18 Å². The summed E-state index contributed by atoms with van der Waals surface area (Å²) in [5.41, 5.74) is 1.60. The second-order valence-electron chi connectivity index (χ2n) is 14.6. The summed E-state index contributed by atoms with van der Waals surface area (Å²) in [6.07, 6.45) is -4.40. The highest BCUT2D eigenvalue weighted by Crippen LogP contribution is 2.41. The SMILES string of the molecule is O=C1CCC(N2C(=O)c3ccc(N4CC(N5CC(N6CCN(c7cc(O)c(-c8nc9cc(C(F)(F)F)cc(Cl)c9[nH]8)cc7Cl)CC6)C5)C4)cc3C2=O)C(=O)N1. The number of alkyl halides is 3. The van der Waals surface area contributed by atoms with E-state index in [-0.39, 0.29) is 57.2 Å². The minimum absolute atomic E-state index is 0.0202. The largest absolute Gasteiger partial charge is 0.507 e. The van der Waals surface area contributed by atoms with Gasteiger partial charge in [0.05, 0.1) is 49.0 Å². The molecule has 55 heavy (non-hydrogen) atoms. The zero-order valence-electron chi connectivity index (χ0n) is 29.0. The number of hydrogen-bond acceptors (Lipinski definition) is 10. The van der Waals surface area contributed by atoms with Crippen LogP contribution in [0.5, 0.6) is 5.75 Å². The molecule has 9 rings (SSSR count). The molecule has 4 fully saturated rings. The number of hydrogen-bond donors (Lipinski definition) is 3. The van der Waals surface area contributed by atoms with E-state index in [0.29, 0.717) is 35.9 Å². The molecule has 1 aromatic heterocycles. The molecule has 1 unspecified atom stereocenters. The van der Waals surface area contributed by atoms with Gasteiger partial charge in [-0.3, -0.25) is 39.2 Å². The number of H-pyrrole nitrogens is 1. The van der Waals surface area contributed by atoms with Crippen LogP contribution in [0.3, 0.4) is 0 Å². The molecule has 4 amide bonds. The Morgan fingerprint density at radius 3 is 2.20 bits per heavy atom. The fourth-order valence-electron chi connectivity index (χ4n) is 8.24. The number of aromatic hydroxyl groups is 1. The van der Waals surface area contributed by atoms with E-state index in [9.17, 15) is 37.5 Å². The van der Waals surface area contributed by atoms with E-state index in [1.165, 1.54) is 0 Å². The van der Waals surface area contributed by atoms with Crippen LogP contribution < -0.4 is 15.1 Å². The van der Waals surface area contributed by atoms with Crippen LogP contribution >= 0.6 is 23.2 Å². The molecule has 5 aliphatic heterocycles. The van der Waals surface area contributed by atoms with Gasteiger partial charge in [0, 0.05) is 82.6 Å². The lowest BCUT2D eigenvalue weighted by atomic mass is 9.97. The minimum atomic E-state index is -4.58. The fourth-order valence-corrected chi connectivity index (χ4v) is 8.79. The Bertz CT molecular complexity index is 2300. The number of anilines is 2. The normalized spacial score (nSPS) is 21.7. The Hall–Kier alpha value is -4.90. The Balaban J connectivity index is 0.775. The zero-order chi connectivity index (χ0) is 38.5. The Morgan fingerprint density at radius 1 is 0.782 bits per heavy atom. The molecule has 5 aliphatic rings. The molecule has 4 aromatic rings. The summed E-state index contributed by atoms with van der Waals surface area (Å²) < 4.78 is 39.9. The number of carbonyl (C=O) groups excluding carboxylic acids is 4. The summed E-state index contributed by atoms with van der Waals surface area (Å²) >= 11 is 12.8. The number of benzene rings is 3. The van der Waals surface area contributed by atoms with Crippen LogP contribution in [-0.4, -0.2) is 124 Å². The molecule has 3 aromatic carbocycles. The van der Waals surface area contributed by atoms with Gasteiger partial charge in [-0.05, 0) is 42.8 Å². The predicted octanol–water partition coefficient (Wildman–Crippen LogP) is 4.36. The van der Waals surface area contributed by atoms with Crippen LogP contribution in [0.1, 0.15) is 39.1 Å². The van der Waals surface area contributed by atoms with Crippen LogP contribution in [0.2, 0.25) is 10.0 Å². The lowest BCUT2D eigenvalue weighted by Crippen LogP contribution is -2.71. The lowest BCUT2D eigenvalue weighted by Gasteiger charge is -2.55. The molecule has 0 aliphatic carbocycles. The number of aromatic amines is 1. The first kappa shape index (κ1) is 35.8. The molecule has 0 bridgehead atoms. The van der Waals surface area contributed by atoms with Gasteiger partial charge in [0.2, 0.25) is 11.8 Å². The number of nitrogens with zero attached hydrogens (tertiary/aromatic N) is 6. The van der Waals surface area contributed by atoms with Crippen LogP contribution in [0, 0.1) is 0 Å². The molecular formula is C37H33Cl2F3N8O5. The quantitative estimate of drug-likeness (QED) is 0.241. The molecule has 13 nitrogen and oxygen atoms in total. The van der Waals surface area contributed by atoms with Gasteiger partial charge < -0.3 is 19.9 Å². The molecule has 286 valence electrons. The molecule has 0 spiro atoms. The third-order valence-electron chi connectivity index (χ3n) is 11.4. The Kier molecular flexibility index (Phi) is 8.53. The minimum Gasteiger partial charge on any atom is -0.507 e. The maximum Gasteiger partial charge on any atom is 0.416 e. The molecule has 0 radical (unpaired) electrons. The number of piperidine rings is 1. The molecular weight excluding hydrogens is 764 g/mol. The number of phenols is 1. The number of aromatic nitrogens is 2. The molecule has 6 heterocycles. The predicted molar refractivity (Wildman–Crippen MR) is 196 cm³/mol. The number of likely N-dealkylation sites (tertiary alicyclic amines) is 1. The zero-order valence-corrected chi connectivity index (χ0v) is 30.5. The molecule has 3 N–H and O–H groups in total. The van der Waals surface area contributed by atoms with E-state index in [1.54, 1.807) is 24.3 Å². The highest BCUT2D eigenvalue weighted by atomic mass is 35.5. The monoisotopic (exact) mass is 796 g/mol. The first-order chi connectivity index (χ1) is 26.2. The van der Waals surface area contributed by atoms with Crippen LogP contribution in [-0.2, 0) is 15.8 Å². The van der Waals surface area contributed by atoms with Gasteiger partial charge in [-0.25, -0.2) is 4.98 Å². The van der Waals surface area contributed by atoms with Crippen molar-refractivity contribution in [3.05, 3.63) is 69.2 Å². The third-order valence-corrected chi connectivity index (χ3v) is 12.0. The van der Waals surface area contributed by atoms with E-state index in [4.69, 9.17) is 23.2 Å². The lowest BCUT2D eigenvalue weighted by molar-refractivity contribution is -0.138. The van der Waals surface area contributed by atoms with Crippen molar-refractivity contribution < 1.29 is 37.5 Å². The van der Waals surface area contributed by atoms with E-state index < -0.39 is 41.4 Å². The fraction of sp³-hybridized carbons (Fsp3) is 0.378. The number of amides is 4. The van der Waals surface area contributed by atoms with Crippen molar-refractivity contribution in [2.24, 2.45) is 0 Å². The number of fused-ring (bicyclic) bond motifs is 2. The van der Waals surface area contributed by atoms with Gasteiger partial charge in [-0.15, -0.1) is 0 Å². The van der Waals surface area contributed by atoms with Crippen molar-refractivity contribution in [2.75, 3.05) is 62.2 Å². The van der Waals surface area contributed by atoms with Crippen molar-refractivity contribution in [1.29, 1.82) is 0 Å². The smallest absolute Gasteiger partial charge is 0.416 e. The van der Waals surface area contributed by atoms with Crippen molar-refractivity contribution in [2.45, 2.75) is 37.1 Å². The number of phenolic OH excluding ortho intramolecular Hbond substituents is 1. The van der Waals surface area contributed by atoms with Gasteiger partial charge in [0.25, 0.3) is 11.8 Å². The summed E-state index contributed by atoms with van der Waals surface area (Å²) in [6, 6.07) is 9.81. The first-order valence-electron chi connectivity index (χ1n) is 17.9. The number of halogens is 5. The van der Waals surface area contributed by atoms with Crippen molar-refractivity contribution in [3.8, 4) is 17.1 Å². The Labute approximate surface area is 321 Å². The highest BCUT2D eigenvalue weighted by Gasteiger charge is 2.46. The van der Waals surface area contributed by atoms with Gasteiger partial charge in [-0.1, -0.05) is 23.2 Å². The summed E-state index contributed by atoms with van der Waals surface area (Å²) in [5, 5.41) is 13.4. The second-order valence-corrected chi connectivity index (χ2v) is 15.4. The summed E-state index contributed by atoms with van der Waals surface area (Å²) in [6.45, 7) is 6.40. The molecule has 1 atom stereocenters. The number of nitrogens with one attached hydrogen (secondary N) is 2. The van der Waals surface area contributed by atoms with Crippen LogP contribution in [0.25, 0.3) is 22.4 Å². The number of piperazine rings is 1. The third kappa shape index (κ3) is 6.15. The Morgan fingerprint density at radius 2 is 1.49 bits per heavy atom. The number of carbonyl (C=O) groups is 4. The summed E-state index contributed by atoms with van der Waals surface area (Å²) in [5.74, 6) is -2.05. The summed E-state index contributed by atoms with van der Waals surface area (Å²) in [4.78, 5) is 67.6. The van der Waals surface area contributed by atoms with Crippen molar-refractivity contribution in [3.63, 3.8) is 0 Å². The van der Waals surface area contributed by atoms with E-state index >= 15 is 0 Å². The van der Waals surface area contributed by atoms with Crippen molar-refractivity contribution >= 4 is 69.2 Å². The van der Waals surface area contributed by atoms with Gasteiger partial charge in [-0.2, -0.15) is 13.2 Å². The van der Waals surface area contributed by atoms with Gasteiger partial charge in [0.1, 0.15) is 17.6 Å². The van der Waals surface area contributed by atoms with E-state index in [1.807, 2.05) is 6.07 Å². The average molecular weight is 798 g/mol. The first-order valence-corrected chi connectivity index (χ1v) is 18.6. The number of rotatable bonds is 6. The van der Waals surface area contributed by atoms with E-state index in [2.05, 4.69) is 34.9 Å². The maximum absolute atomic E-state index is 13.3. The number of imide groups is 2. The molecule has 0 saturated carbocycles. The van der Waals surface area contributed by atoms with Crippen molar-refractivity contribution in [1.82, 2.24) is 30.0 Å². The molecule has 4 saturated heterocycles. The topological polar surface area (TPSA) is 145 Å². The van der Waals surface area contributed by atoms with Gasteiger partial charge in [0.15, 0.2) is 0 Å². The maximum atomic E-state index is 13.3. The molecule has 18 heteroatoms.